The Kier molecular flexibility index (Phi) is 5.73. The van der Waals surface area contributed by atoms with E-state index in [4.69, 9.17) is 0 Å². The average molecular weight is 411 g/mol. The molecule has 9 heteroatoms. The highest BCUT2D eigenvalue weighted by Crippen LogP contribution is 2.26. The molecule has 0 spiro atoms. The maximum atomic E-state index is 12.9. The fraction of sp³-hybridized carbons (Fsp3) is 0.556. The maximum Gasteiger partial charge on any atom is 0.246 e. The summed E-state index contributed by atoms with van der Waals surface area (Å²) in [5, 5.41) is 6.42. The lowest BCUT2D eigenvalue weighted by Crippen LogP contribution is -2.37. The fourth-order valence-corrected chi connectivity index (χ4v) is 6.31. The van der Waals surface area contributed by atoms with Crippen molar-refractivity contribution in [2.45, 2.75) is 52.1 Å². The number of hydrogen-bond donors (Lipinski definition) is 0. The van der Waals surface area contributed by atoms with Crippen LogP contribution in [-0.2, 0) is 34.3 Å². The number of hydrogen-bond acceptors (Lipinski definition) is 5. The van der Waals surface area contributed by atoms with Crippen molar-refractivity contribution in [1.29, 1.82) is 0 Å². The fourth-order valence-electron chi connectivity index (χ4n) is 3.59. The van der Waals surface area contributed by atoms with E-state index >= 15 is 0 Å². The van der Waals surface area contributed by atoms with Gasteiger partial charge in [0.1, 0.15) is 11.4 Å². The largest absolute Gasteiger partial charge is 0.336 e. The smallest absolute Gasteiger partial charge is 0.246 e. The highest BCUT2D eigenvalue weighted by Gasteiger charge is 2.30. The second-order valence-corrected chi connectivity index (χ2v) is 9.56. The minimum absolute atomic E-state index is 0.0377. The maximum absolute atomic E-state index is 12.9. The van der Waals surface area contributed by atoms with Gasteiger partial charge in [0.05, 0.1) is 11.4 Å². The van der Waals surface area contributed by atoms with Crippen LogP contribution < -0.4 is 0 Å². The van der Waals surface area contributed by atoms with Gasteiger partial charge in [0, 0.05) is 31.1 Å². The zero-order valence-corrected chi connectivity index (χ0v) is 17.9. The molecule has 0 radical (unpaired) electrons. The molecule has 1 aliphatic heterocycles. The van der Waals surface area contributed by atoms with Crippen molar-refractivity contribution in [2.75, 3.05) is 19.6 Å². The summed E-state index contributed by atoms with van der Waals surface area (Å²) in [4.78, 5) is 16.2. The van der Waals surface area contributed by atoms with Gasteiger partial charge in [-0.3, -0.25) is 9.48 Å². The van der Waals surface area contributed by atoms with Crippen LogP contribution in [0.5, 0.6) is 0 Å². The third kappa shape index (κ3) is 3.68. The highest BCUT2D eigenvalue weighted by atomic mass is 32.2. The molecule has 0 unspecified atom stereocenters. The summed E-state index contributed by atoms with van der Waals surface area (Å²) in [7, 11) is -3.61. The lowest BCUT2D eigenvalue weighted by Gasteiger charge is -2.27. The first-order valence-electron chi connectivity index (χ1n) is 9.16. The predicted molar refractivity (Wildman–Crippen MR) is 105 cm³/mol. The Bertz CT molecular complexity index is 942. The van der Waals surface area contributed by atoms with E-state index < -0.39 is 10.0 Å². The number of thiophene rings is 1. The molecule has 0 atom stereocenters. The number of aromatic nitrogens is 2. The number of aryl methyl sites for hydroxylation is 1. The zero-order valence-electron chi connectivity index (χ0n) is 16.2. The lowest BCUT2D eigenvalue weighted by molar-refractivity contribution is -0.133. The lowest BCUT2D eigenvalue weighted by atomic mass is 10.1. The molecule has 0 N–H and O–H groups in total. The van der Waals surface area contributed by atoms with Crippen molar-refractivity contribution in [3.63, 3.8) is 0 Å². The van der Waals surface area contributed by atoms with Gasteiger partial charge in [-0.05, 0) is 37.3 Å². The second kappa shape index (κ2) is 7.73. The first kappa shape index (κ1) is 20.0. The van der Waals surface area contributed by atoms with Gasteiger partial charge in [-0.1, -0.05) is 13.8 Å². The van der Waals surface area contributed by atoms with Crippen molar-refractivity contribution in [2.24, 2.45) is 0 Å². The first-order chi connectivity index (χ1) is 12.8. The van der Waals surface area contributed by atoms with Gasteiger partial charge in [-0.15, -0.1) is 11.3 Å². The summed E-state index contributed by atoms with van der Waals surface area (Å²) in [5.41, 5.74) is 2.16. The van der Waals surface area contributed by atoms with E-state index in [0.717, 1.165) is 6.42 Å². The molecular formula is C18H26N4O3S2. The molecule has 1 amide bonds. The Morgan fingerprint density at radius 2 is 2.00 bits per heavy atom. The third-order valence-electron chi connectivity index (χ3n) is 5.06. The Morgan fingerprint density at radius 1 is 1.30 bits per heavy atom. The molecule has 0 aliphatic carbocycles. The van der Waals surface area contributed by atoms with Crippen molar-refractivity contribution in [1.82, 2.24) is 19.0 Å². The Balaban J connectivity index is 1.82. The van der Waals surface area contributed by atoms with Gasteiger partial charge in [0.25, 0.3) is 0 Å². The van der Waals surface area contributed by atoms with Gasteiger partial charge in [-0.25, -0.2) is 8.42 Å². The molecule has 3 heterocycles. The summed E-state index contributed by atoms with van der Waals surface area (Å²) in [6, 6.07) is 2.07. The Hall–Kier alpha value is -1.71. The Labute approximate surface area is 164 Å². The predicted octanol–water partition coefficient (Wildman–Crippen LogP) is 2.18. The molecule has 0 saturated heterocycles. The van der Waals surface area contributed by atoms with E-state index in [1.54, 1.807) is 25.2 Å². The van der Waals surface area contributed by atoms with Crippen LogP contribution in [-0.4, -0.2) is 52.9 Å². The summed E-state index contributed by atoms with van der Waals surface area (Å²) >= 11 is 1.73. The minimum atomic E-state index is -3.61. The van der Waals surface area contributed by atoms with Crippen LogP contribution in [0.4, 0.5) is 0 Å². The monoisotopic (exact) mass is 410 g/mol. The SMILES string of the molecule is CCN(CC)S(=O)(=O)c1c(C)nn(CC(=O)N2CCc3sccc3C2)c1C. The van der Waals surface area contributed by atoms with Crippen LogP contribution in [0.3, 0.4) is 0 Å². The van der Waals surface area contributed by atoms with E-state index in [9.17, 15) is 13.2 Å². The van der Waals surface area contributed by atoms with E-state index in [-0.39, 0.29) is 17.3 Å². The van der Waals surface area contributed by atoms with Crippen LogP contribution in [0, 0.1) is 13.8 Å². The van der Waals surface area contributed by atoms with Crippen LogP contribution in [0.15, 0.2) is 16.3 Å². The normalized spacial score (nSPS) is 14.6. The van der Waals surface area contributed by atoms with Gasteiger partial charge < -0.3 is 4.90 Å². The first-order valence-corrected chi connectivity index (χ1v) is 11.5. The van der Waals surface area contributed by atoms with Gasteiger partial charge in [0.15, 0.2) is 0 Å². The molecule has 27 heavy (non-hydrogen) atoms. The van der Waals surface area contributed by atoms with Crippen LogP contribution in [0.2, 0.25) is 0 Å². The van der Waals surface area contributed by atoms with E-state index in [2.05, 4.69) is 16.5 Å². The number of rotatable bonds is 6. The van der Waals surface area contributed by atoms with E-state index in [0.29, 0.717) is 37.6 Å². The third-order valence-corrected chi connectivity index (χ3v) is 8.39. The highest BCUT2D eigenvalue weighted by molar-refractivity contribution is 7.89. The summed E-state index contributed by atoms with van der Waals surface area (Å²) in [6.07, 6.45) is 0.872. The van der Waals surface area contributed by atoms with E-state index in [1.165, 1.54) is 19.4 Å². The zero-order chi connectivity index (χ0) is 19.8. The molecule has 3 rings (SSSR count). The van der Waals surface area contributed by atoms with Gasteiger partial charge in [-0.2, -0.15) is 9.40 Å². The molecule has 0 saturated carbocycles. The minimum Gasteiger partial charge on any atom is -0.336 e. The summed E-state index contributed by atoms with van der Waals surface area (Å²) < 4.78 is 28.8. The number of carbonyl (C=O) groups excluding carboxylic acids is 1. The van der Waals surface area contributed by atoms with Crippen LogP contribution in [0.1, 0.15) is 35.7 Å². The standard InChI is InChI=1S/C18H26N4O3S2/c1-5-21(6-2)27(24,25)18-13(3)19-22(14(18)4)12-17(23)20-9-7-16-15(11-20)8-10-26-16/h8,10H,5-7,9,11-12H2,1-4H3. The molecule has 1 aliphatic rings. The van der Waals surface area contributed by atoms with Crippen LogP contribution in [0.25, 0.3) is 0 Å². The number of amides is 1. The van der Waals surface area contributed by atoms with Crippen molar-refractivity contribution >= 4 is 27.3 Å². The van der Waals surface area contributed by atoms with Gasteiger partial charge >= 0.3 is 0 Å². The summed E-state index contributed by atoms with van der Waals surface area (Å²) in [6.45, 7) is 9.19. The molecule has 148 valence electrons. The number of carbonyl (C=O) groups is 1. The Morgan fingerprint density at radius 3 is 2.67 bits per heavy atom. The number of fused-ring (bicyclic) bond motifs is 1. The molecule has 0 bridgehead atoms. The molecule has 0 fully saturated rings. The average Bonchev–Trinajstić information content (AvgIpc) is 3.19. The topological polar surface area (TPSA) is 75.5 Å². The van der Waals surface area contributed by atoms with Crippen molar-refractivity contribution < 1.29 is 13.2 Å². The molecule has 0 aromatic carbocycles. The quantitative estimate of drug-likeness (QED) is 0.731. The van der Waals surface area contributed by atoms with Gasteiger partial charge in [0.2, 0.25) is 15.9 Å². The molecule has 7 nitrogen and oxygen atoms in total. The van der Waals surface area contributed by atoms with E-state index in [1.807, 2.05) is 18.7 Å². The second-order valence-electron chi connectivity index (χ2n) is 6.68. The molecule has 2 aromatic rings. The molecular weight excluding hydrogens is 384 g/mol. The molecule has 2 aromatic heterocycles. The number of nitrogens with zero attached hydrogens (tertiary/aromatic N) is 4. The number of sulfonamides is 1. The van der Waals surface area contributed by atoms with Crippen molar-refractivity contribution in [3.8, 4) is 0 Å². The van der Waals surface area contributed by atoms with Crippen molar-refractivity contribution in [3.05, 3.63) is 33.3 Å². The summed E-state index contributed by atoms with van der Waals surface area (Å²) in [5.74, 6) is -0.0377. The van der Waals surface area contributed by atoms with Crippen LogP contribution >= 0.6 is 11.3 Å².